The van der Waals surface area contributed by atoms with E-state index in [1.54, 1.807) is 0 Å². The number of aryl methyl sites for hydroxylation is 1. The van der Waals surface area contributed by atoms with E-state index in [0.717, 1.165) is 62.6 Å². The van der Waals surface area contributed by atoms with Crippen molar-refractivity contribution in [3.05, 3.63) is 58.4 Å². The summed E-state index contributed by atoms with van der Waals surface area (Å²) in [6, 6.07) is 10.5. The van der Waals surface area contributed by atoms with Crippen molar-refractivity contribution >= 4 is 11.6 Å². The minimum Gasteiger partial charge on any atom is -0.348 e. The maximum absolute atomic E-state index is 13.3. The Balaban J connectivity index is 1.42. The van der Waals surface area contributed by atoms with Crippen molar-refractivity contribution in [1.29, 1.82) is 0 Å². The second-order valence-electron chi connectivity index (χ2n) is 11.2. The molecule has 0 bridgehead atoms. The van der Waals surface area contributed by atoms with Crippen LogP contribution in [0.25, 0.3) is 0 Å². The highest BCUT2D eigenvalue weighted by atomic mass is 16.1. The fourth-order valence-corrected chi connectivity index (χ4v) is 6.62. The number of allylic oxidation sites excluding steroid dienone is 4. The topological polar surface area (TPSA) is 37.4 Å². The van der Waals surface area contributed by atoms with Gasteiger partial charge in [-0.25, -0.2) is 0 Å². The Hall–Kier alpha value is -2.16. The molecule has 0 spiro atoms. The molecule has 1 aromatic carbocycles. The summed E-state index contributed by atoms with van der Waals surface area (Å²) >= 11 is 0. The highest BCUT2D eigenvalue weighted by molar-refractivity contribution is 6.04. The van der Waals surface area contributed by atoms with Gasteiger partial charge >= 0.3 is 0 Å². The molecular formula is C33H47NO2. The molecule has 3 aliphatic rings. The van der Waals surface area contributed by atoms with Crippen LogP contribution in [0.3, 0.4) is 0 Å². The maximum atomic E-state index is 13.3. The SMILES string of the molecule is CCCCCCCCCCCCN1C2=C(C(=O)CCC2)C(CCc2ccccc2)C2=C1CCCC2=O. The van der Waals surface area contributed by atoms with Crippen molar-refractivity contribution in [3.8, 4) is 0 Å². The molecule has 36 heavy (non-hydrogen) atoms. The molecule has 0 radical (unpaired) electrons. The van der Waals surface area contributed by atoms with E-state index >= 15 is 0 Å². The van der Waals surface area contributed by atoms with Gasteiger partial charge in [0.2, 0.25) is 0 Å². The van der Waals surface area contributed by atoms with Crippen LogP contribution in [0.1, 0.15) is 122 Å². The molecule has 0 atom stereocenters. The first-order valence-electron chi connectivity index (χ1n) is 15.0. The summed E-state index contributed by atoms with van der Waals surface area (Å²) in [6.07, 6.45) is 20.2. The van der Waals surface area contributed by atoms with Crippen molar-refractivity contribution < 1.29 is 9.59 Å². The molecule has 4 rings (SSSR count). The zero-order valence-electron chi connectivity index (χ0n) is 22.7. The molecule has 0 N–H and O–H groups in total. The number of unbranched alkanes of at least 4 members (excludes halogenated alkanes) is 9. The fraction of sp³-hybridized carbons (Fsp3) is 0.636. The van der Waals surface area contributed by atoms with E-state index in [4.69, 9.17) is 0 Å². The Labute approximate surface area is 219 Å². The molecule has 3 heteroatoms. The van der Waals surface area contributed by atoms with Crippen LogP contribution in [0, 0.1) is 5.92 Å². The predicted octanol–water partition coefficient (Wildman–Crippen LogP) is 8.49. The third-order valence-electron chi connectivity index (χ3n) is 8.51. The molecule has 3 nitrogen and oxygen atoms in total. The Morgan fingerprint density at radius 1 is 0.694 bits per heavy atom. The first-order valence-corrected chi connectivity index (χ1v) is 15.0. The quantitative estimate of drug-likeness (QED) is 0.246. The summed E-state index contributed by atoms with van der Waals surface area (Å²) < 4.78 is 0. The van der Waals surface area contributed by atoms with Gasteiger partial charge < -0.3 is 4.90 Å². The molecule has 0 unspecified atom stereocenters. The fourth-order valence-electron chi connectivity index (χ4n) is 6.62. The lowest BCUT2D eigenvalue weighted by molar-refractivity contribution is -0.117. The molecule has 1 heterocycles. The van der Waals surface area contributed by atoms with Gasteiger partial charge in [-0.05, 0) is 50.5 Å². The lowest BCUT2D eigenvalue weighted by Crippen LogP contribution is -2.40. The van der Waals surface area contributed by atoms with Crippen LogP contribution in [-0.4, -0.2) is 23.0 Å². The predicted molar refractivity (Wildman–Crippen MR) is 149 cm³/mol. The van der Waals surface area contributed by atoms with Crippen LogP contribution in [0.15, 0.2) is 52.9 Å². The molecule has 0 fully saturated rings. The van der Waals surface area contributed by atoms with E-state index in [0.29, 0.717) is 24.4 Å². The Morgan fingerprint density at radius 2 is 1.22 bits per heavy atom. The summed E-state index contributed by atoms with van der Waals surface area (Å²) in [5.74, 6) is 0.597. The van der Waals surface area contributed by atoms with Crippen molar-refractivity contribution in [2.75, 3.05) is 6.54 Å². The third-order valence-corrected chi connectivity index (χ3v) is 8.51. The Kier molecular flexibility index (Phi) is 10.4. The average Bonchev–Trinajstić information content (AvgIpc) is 2.89. The van der Waals surface area contributed by atoms with Crippen LogP contribution >= 0.6 is 0 Å². The number of ketones is 2. The number of carbonyl (C=O) groups excluding carboxylic acids is 2. The van der Waals surface area contributed by atoms with Gasteiger partial charge in [0.15, 0.2) is 11.6 Å². The van der Waals surface area contributed by atoms with E-state index in [-0.39, 0.29) is 5.92 Å². The van der Waals surface area contributed by atoms with Crippen LogP contribution in [0.4, 0.5) is 0 Å². The van der Waals surface area contributed by atoms with Crippen molar-refractivity contribution in [2.45, 2.75) is 122 Å². The molecule has 2 aliphatic carbocycles. The number of hydrogen-bond donors (Lipinski definition) is 0. The lowest BCUT2D eigenvalue weighted by atomic mass is 9.71. The van der Waals surface area contributed by atoms with Crippen LogP contribution < -0.4 is 0 Å². The minimum absolute atomic E-state index is 0.000218. The van der Waals surface area contributed by atoms with Gasteiger partial charge in [-0.2, -0.15) is 0 Å². The first-order chi connectivity index (χ1) is 17.7. The van der Waals surface area contributed by atoms with Crippen LogP contribution in [0.2, 0.25) is 0 Å². The van der Waals surface area contributed by atoms with Gasteiger partial charge in [-0.15, -0.1) is 0 Å². The number of benzene rings is 1. The van der Waals surface area contributed by atoms with Gasteiger partial charge in [0, 0.05) is 47.8 Å². The highest BCUT2D eigenvalue weighted by Gasteiger charge is 2.41. The standard InChI is InChI=1S/C33H47NO2/c1-2-3-4-5-6-7-8-9-10-14-25-34-28-19-15-21-30(35)32(28)27(24-23-26-17-12-11-13-18-26)33-29(34)20-16-22-31(33)36/h11-13,17-18,27H,2-10,14-16,19-25H2,1H3. The summed E-state index contributed by atoms with van der Waals surface area (Å²) in [4.78, 5) is 29.1. The zero-order valence-corrected chi connectivity index (χ0v) is 22.7. The van der Waals surface area contributed by atoms with Crippen molar-refractivity contribution in [2.24, 2.45) is 5.92 Å². The maximum Gasteiger partial charge on any atom is 0.161 e. The second-order valence-corrected chi connectivity index (χ2v) is 11.2. The van der Waals surface area contributed by atoms with E-state index < -0.39 is 0 Å². The molecule has 1 aliphatic heterocycles. The molecule has 196 valence electrons. The number of Topliss-reactive ketones (excluding diaryl/α,β-unsaturated/α-hetero) is 2. The summed E-state index contributed by atoms with van der Waals surface area (Å²) in [6.45, 7) is 3.25. The van der Waals surface area contributed by atoms with E-state index in [1.807, 2.05) is 6.07 Å². The molecule has 0 saturated heterocycles. The third kappa shape index (κ3) is 6.78. The van der Waals surface area contributed by atoms with E-state index in [9.17, 15) is 9.59 Å². The molecule has 0 saturated carbocycles. The summed E-state index contributed by atoms with van der Waals surface area (Å²) in [7, 11) is 0. The normalized spacial score (nSPS) is 18.6. The zero-order chi connectivity index (χ0) is 25.2. The summed E-state index contributed by atoms with van der Waals surface area (Å²) in [5.41, 5.74) is 5.83. The number of carbonyl (C=O) groups is 2. The lowest BCUT2D eigenvalue weighted by Gasteiger charge is -2.44. The second kappa shape index (κ2) is 14.0. The van der Waals surface area contributed by atoms with E-state index in [2.05, 4.69) is 36.1 Å². The van der Waals surface area contributed by atoms with Gasteiger partial charge in [0.05, 0.1) is 0 Å². The molecule has 0 aromatic heterocycles. The number of hydrogen-bond acceptors (Lipinski definition) is 3. The molecular weight excluding hydrogens is 442 g/mol. The first kappa shape index (κ1) is 26.9. The van der Waals surface area contributed by atoms with Gasteiger partial charge in [0.25, 0.3) is 0 Å². The number of nitrogens with zero attached hydrogens (tertiary/aromatic N) is 1. The van der Waals surface area contributed by atoms with Crippen molar-refractivity contribution in [1.82, 2.24) is 4.90 Å². The molecule has 0 amide bonds. The molecule has 1 aromatic rings. The Bertz CT molecular complexity index is 898. The van der Waals surface area contributed by atoms with Gasteiger partial charge in [-0.1, -0.05) is 95.0 Å². The average molecular weight is 490 g/mol. The van der Waals surface area contributed by atoms with Gasteiger partial charge in [0.1, 0.15) is 0 Å². The number of rotatable bonds is 14. The van der Waals surface area contributed by atoms with Crippen molar-refractivity contribution in [3.63, 3.8) is 0 Å². The Morgan fingerprint density at radius 3 is 1.78 bits per heavy atom. The van der Waals surface area contributed by atoms with E-state index in [1.165, 1.54) is 74.7 Å². The largest absolute Gasteiger partial charge is 0.348 e. The smallest absolute Gasteiger partial charge is 0.161 e. The highest BCUT2D eigenvalue weighted by Crippen LogP contribution is 2.46. The van der Waals surface area contributed by atoms with Crippen LogP contribution in [-0.2, 0) is 16.0 Å². The van der Waals surface area contributed by atoms with Crippen LogP contribution in [0.5, 0.6) is 0 Å². The monoisotopic (exact) mass is 489 g/mol. The minimum atomic E-state index is -0.000218. The van der Waals surface area contributed by atoms with Gasteiger partial charge in [-0.3, -0.25) is 9.59 Å². The summed E-state index contributed by atoms with van der Waals surface area (Å²) in [5, 5.41) is 0.